The number of rotatable bonds is 2. The minimum atomic E-state index is -4.72. The van der Waals surface area contributed by atoms with Crippen LogP contribution in [0, 0.1) is 11.3 Å². The Morgan fingerprint density at radius 1 is 1.14 bits per heavy atom. The molecule has 1 N–H and O–H groups in total. The van der Waals surface area contributed by atoms with Crippen molar-refractivity contribution in [2.45, 2.75) is 64.4 Å². The number of ether oxygens (including phenoxy) is 1. The summed E-state index contributed by atoms with van der Waals surface area (Å²) in [6.07, 6.45) is -2.50. The highest BCUT2D eigenvalue weighted by atomic mass is 19.4. The summed E-state index contributed by atoms with van der Waals surface area (Å²) in [7, 11) is 0. The lowest BCUT2D eigenvalue weighted by atomic mass is 9.70. The molecule has 1 saturated carbocycles. The summed E-state index contributed by atoms with van der Waals surface area (Å²) in [5, 5.41) is 9.61. The van der Waals surface area contributed by atoms with Crippen LogP contribution in [-0.2, 0) is 15.7 Å². The monoisotopic (exact) mass is 413 g/mol. The zero-order valence-corrected chi connectivity index (χ0v) is 16.8. The van der Waals surface area contributed by atoms with Gasteiger partial charge in [-0.15, -0.1) is 0 Å². The third kappa shape index (κ3) is 3.99. The number of hydrogen-bond donors (Lipinski definition) is 1. The van der Waals surface area contributed by atoms with E-state index in [-0.39, 0.29) is 12.0 Å². The molecule has 0 bridgehead atoms. The van der Waals surface area contributed by atoms with Gasteiger partial charge in [0, 0.05) is 0 Å². The molecule has 160 valence electrons. The molecule has 1 aromatic rings. The van der Waals surface area contributed by atoms with Gasteiger partial charge in [-0.25, -0.2) is 4.79 Å². The van der Waals surface area contributed by atoms with Crippen LogP contribution in [0.2, 0.25) is 0 Å². The number of carboxylic acid groups (broad SMARTS) is 1. The molecule has 1 amide bonds. The average Bonchev–Trinajstić information content (AvgIpc) is 2.99. The summed E-state index contributed by atoms with van der Waals surface area (Å²) < 4.78 is 46.2. The third-order valence-corrected chi connectivity index (χ3v) is 6.22. The largest absolute Gasteiger partial charge is 0.480 e. The lowest BCUT2D eigenvalue weighted by Crippen LogP contribution is -2.55. The second kappa shape index (κ2) is 7.31. The molecule has 1 aromatic carbocycles. The maximum Gasteiger partial charge on any atom is 0.417 e. The molecule has 0 radical (unpaired) electrons. The van der Waals surface area contributed by atoms with E-state index in [1.54, 1.807) is 0 Å². The van der Waals surface area contributed by atoms with E-state index >= 15 is 0 Å². The van der Waals surface area contributed by atoms with Crippen molar-refractivity contribution in [3.05, 3.63) is 35.4 Å². The van der Waals surface area contributed by atoms with Gasteiger partial charge in [-0.2, -0.15) is 13.2 Å². The SMILES string of the molecule is CC(C)(C)C1CCC2(CC1)OCC(C(=O)O)N2C(=O)c1ccccc1C(F)(F)F. The molecule has 2 aliphatic rings. The Balaban J connectivity index is 1.98. The molecule has 1 unspecified atom stereocenters. The summed E-state index contributed by atoms with van der Waals surface area (Å²) in [6, 6.07) is 3.17. The van der Waals surface area contributed by atoms with E-state index in [0.29, 0.717) is 31.6 Å². The Morgan fingerprint density at radius 2 is 1.72 bits per heavy atom. The minimum absolute atomic E-state index is 0.0458. The van der Waals surface area contributed by atoms with Gasteiger partial charge in [0.25, 0.3) is 5.91 Å². The van der Waals surface area contributed by atoms with Gasteiger partial charge in [-0.3, -0.25) is 9.69 Å². The van der Waals surface area contributed by atoms with Crippen molar-refractivity contribution in [3.63, 3.8) is 0 Å². The highest BCUT2D eigenvalue weighted by Gasteiger charge is 2.55. The summed E-state index contributed by atoms with van der Waals surface area (Å²) in [5.41, 5.74) is -2.75. The second-order valence-electron chi connectivity index (χ2n) is 8.97. The van der Waals surface area contributed by atoms with E-state index in [4.69, 9.17) is 4.74 Å². The van der Waals surface area contributed by atoms with E-state index in [1.807, 2.05) is 0 Å². The van der Waals surface area contributed by atoms with Crippen molar-refractivity contribution in [3.8, 4) is 0 Å². The van der Waals surface area contributed by atoms with Gasteiger partial charge < -0.3 is 9.84 Å². The third-order valence-electron chi connectivity index (χ3n) is 6.22. The van der Waals surface area contributed by atoms with Gasteiger partial charge in [0.05, 0.1) is 17.7 Å². The number of hydrogen-bond acceptors (Lipinski definition) is 3. The molecule has 1 aliphatic carbocycles. The normalized spacial score (nSPS) is 28.0. The lowest BCUT2D eigenvalue weighted by Gasteiger charge is -2.46. The van der Waals surface area contributed by atoms with Crippen LogP contribution in [0.4, 0.5) is 13.2 Å². The van der Waals surface area contributed by atoms with E-state index in [9.17, 15) is 27.9 Å². The van der Waals surface area contributed by atoms with Crippen molar-refractivity contribution in [1.82, 2.24) is 4.90 Å². The molecule has 1 atom stereocenters. The summed E-state index contributed by atoms with van der Waals surface area (Å²) >= 11 is 0. The zero-order valence-electron chi connectivity index (χ0n) is 16.8. The van der Waals surface area contributed by atoms with E-state index in [1.165, 1.54) is 12.1 Å². The zero-order chi connectivity index (χ0) is 21.6. The first-order chi connectivity index (χ1) is 13.4. The first-order valence-corrected chi connectivity index (χ1v) is 9.73. The first kappa shape index (κ1) is 21.6. The van der Waals surface area contributed by atoms with Gasteiger partial charge in [0.15, 0.2) is 6.04 Å². The molecular weight excluding hydrogens is 387 g/mol. The molecule has 0 aromatic heterocycles. The van der Waals surface area contributed by atoms with E-state index < -0.39 is 40.9 Å². The topological polar surface area (TPSA) is 66.8 Å². The van der Waals surface area contributed by atoms with Crippen LogP contribution in [0.1, 0.15) is 62.4 Å². The highest BCUT2D eigenvalue weighted by molar-refractivity contribution is 5.98. The molecular formula is C21H26F3NO4. The van der Waals surface area contributed by atoms with E-state index in [2.05, 4.69) is 20.8 Å². The second-order valence-corrected chi connectivity index (χ2v) is 8.97. The van der Waals surface area contributed by atoms with Gasteiger partial charge in [0.2, 0.25) is 0 Å². The van der Waals surface area contributed by atoms with E-state index in [0.717, 1.165) is 17.0 Å². The van der Waals surface area contributed by atoms with Crippen LogP contribution in [0.5, 0.6) is 0 Å². The molecule has 5 nitrogen and oxygen atoms in total. The molecule has 1 heterocycles. The maximum atomic E-state index is 13.4. The lowest BCUT2D eigenvalue weighted by molar-refractivity contribution is -0.144. The number of halogens is 3. The summed E-state index contributed by atoms with van der Waals surface area (Å²) in [6.45, 7) is 6.13. The predicted octanol–water partition coefficient (Wildman–Crippen LogP) is 4.56. The number of nitrogens with zero attached hydrogens (tertiary/aromatic N) is 1. The number of amides is 1. The van der Waals surface area contributed by atoms with Crippen molar-refractivity contribution in [1.29, 1.82) is 0 Å². The highest BCUT2D eigenvalue weighted by Crippen LogP contribution is 2.48. The van der Waals surface area contributed by atoms with Crippen molar-refractivity contribution >= 4 is 11.9 Å². The molecule has 1 aliphatic heterocycles. The Morgan fingerprint density at radius 3 is 2.24 bits per heavy atom. The average molecular weight is 413 g/mol. The fourth-order valence-corrected chi connectivity index (χ4v) is 4.54. The van der Waals surface area contributed by atoms with Crippen LogP contribution in [0.15, 0.2) is 24.3 Å². The molecule has 3 rings (SSSR count). The quantitative estimate of drug-likeness (QED) is 0.772. The van der Waals surface area contributed by atoms with Crippen LogP contribution >= 0.6 is 0 Å². The molecule has 8 heteroatoms. The summed E-state index contributed by atoms with van der Waals surface area (Å²) in [5.74, 6) is -1.87. The van der Waals surface area contributed by atoms with Gasteiger partial charge in [0.1, 0.15) is 5.72 Å². The fourth-order valence-electron chi connectivity index (χ4n) is 4.54. The minimum Gasteiger partial charge on any atom is -0.480 e. The number of carbonyl (C=O) groups excluding carboxylic acids is 1. The predicted molar refractivity (Wildman–Crippen MR) is 99.1 cm³/mol. The number of carbonyl (C=O) groups is 2. The smallest absolute Gasteiger partial charge is 0.417 e. The van der Waals surface area contributed by atoms with Crippen LogP contribution < -0.4 is 0 Å². The van der Waals surface area contributed by atoms with Crippen LogP contribution in [-0.4, -0.2) is 40.3 Å². The van der Waals surface area contributed by atoms with Crippen molar-refractivity contribution in [2.24, 2.45) is 11.3 Å². The Labute approximate surface area is 167 Å². The Hall–Kier alpha value is -2.09. The number of carboxylic acids is 1. The van der Waals surface area contributed by atoms with Gasteiger partial charge in [-0.1, -0.05) is 32.9 Å². The van der Waals surface area contributed by atoms with Crippen molar-refractivity contribution in [2.75, 3.05) is 6.61 Å². The van der Waals surface area contributed by atoms with Crippen LogP contribution in [0.25, 0.3) is 0 Å². The Kier molecular flexibility index (Phi) is 5.45. The molecule has 1 saturated heterocycles. The Bertz CT molecular complexity index is 792. The number of alkyl halides is 3. The molecule has 2 fully saturated rings. The first-order valence-electron chi connectivity index (χ1n) is 9.73. The maximum absolute atomic E-state index is 13.4. The van der Waals surface area contributed by atoms with Gasteiger partial charge in [-0.05, 0) is 49.1 Å². The standard InChI is InChI=1S/C21H26F3NO4/c1-19(2,3)13-8-10-20(11-9-13)25(16(12-29-20)18(27)28)17(26)14-6-4-5-7-15(14)21(22,23)24/h4-7,13,16H,8-12H2,1-3H3,(H,27,28). The molecule has 29 heavy (non-hydrogen) atoms. The number of aliphatic carboxylic acids is 1. The van der Waals surface area contributed by atoms with Gasteiger partial charge >= 0.3 is 12.1 Å². The fraction of sp³-hybridized carbons (Fsp3) is 0.619. The molecule has 1 spiro atoms. The van der Waals surface area contributed by atoms with Crippen molar-refractivity contribution < 1.29 is 32.6 Å². The number of benzene rings is 1. The van der Waals surface area contributed by atoms with Crippen LogP contribution in [0.3, 0.4) is 0 Å². The summed E-state index contributed by atoms with van der Waals surface area (Å²) in [4.78, 5) is 26.1.